The fourth-order valence-electron chi connectivity index (χ4n) is 6.28. The number of rotatable bonds is 5. The molecule has 39 heavy (non-hydrogen) atoms. The van der Waals surface area contributed by atoms with Crippen LogP contribution in [0.25, 0.3) is 5.76 Å². The SMILES string of the molecule is CC1c2c(NC(=O)CN(C)C)ccc(O)c2C(O)=C2C(=O)C3(O)C(O)=C(C(N)=O)C(=O)C(N(C)C)C3C(O)C21. The molecule has 0 aliphatic heterocycles. The zero-order chi connectivity index (χ0) is 29.3. The summed E-state index contributed by atoms with van der Waals surface area (Å²) in [6.45, 7) is 1.62. The third-order valence-electron chi connectivity index (χ3n) is 7.84. The number of nitrogens with two attached hydrogens (primary N) is 1. The van der Waals surface area contributed by atoms with Crippen molar-refractivity contribution in [3.05, 3.63) is 40.2 Å². The second-order valence-electron chi connectivity index (χ2n) is 10.8. The molecule has 0 bridgehead atoms. The summed E-state index contributed by atoms with van der Waals surface area (Å²) in [6.07, 6.45) is -1.73. The Labute approximate surface area is 223 Å². The Morgan fingerprint density at radius 1 is 1.10 bits per heavy atom. The van der Waals surface area contributed by atoms with E-state index in [2.05, 4.69) is 5.32 Å². The maximum absolute atomic E-state index is 14.0. The van der Waals surface area contributed by atoms with Crippen molar-refractivity contribution in [3.63, 3.8) is 0 Å². The molecule has 8 N–H and O–H groups in total. The van der Waals surface area contributed by atoms with Crippen LogP contribution >= 0.6 is 0 Å². The van der Waals surface area contributed by atoms with Crippen molar-refractivity contribution < 1.29 is 44.7 Å². The van der Waals surface area contributed by atoms with E-state index in [1.54, 1.807) is 25.9 Å². The van der Waals surface area contributed by atoms with Gasteiger partial charge < -0.3 is 41.5 Å². The van der Waals surface area contributed by atoms with Crippen LogP contribution in [0.1, 0.15) is 24.0 Å². The van der Waals surface area contributed by atoms with Crippen LogP contribution in [0.15, 0.2) is 29.0 Å². The number of phenols is 1. The Morgan fingerprint density at radius 3 is 2.26 bits per heavy atom. The van der Waals surface area contributed by atoms with Crippen molar-refractivity contribution in [2.75, 3.05) is 40.1 Å². The minimum absolute atomic E-state index is 0.0250. The van der Waals surface area contributed by atoms with E-state index in [9.17, 15) is 44.7 Å². The number of aliphatic hydroxyl groups excluding tert-OH is 3. The van der Waals surface area contributed by atoms with E-state index in [4.69, 9.17) is 5.73 Å². The van der Waals surface area contributed by atoms with Gasteiger partial charge in [-0.2, -0.15) is 0 Å². The summed E-state index contributed by atoms with van der Waals surface area (Å²) >= 11 is 0. The van der Waals surface area contributed by atoms with Crippen LogP contribution in [-0.4, -0.2) is 111 Å². The number of likely N-dealkylation sites (N-methyl/N-ethyl adjacent to an activating group) is 2. The fourth-order valence-corrected chi connectivity index (χ4v) is 6.28. The smallest absolute Gasteiger partial charge is 0.255 e. The number of hydrogen-bond acceptors (Lipinski definition) is 11. The van der Waals surface area contributed by atoms with Gasteiger partial charge in [0, 0.05) is 17.2 Å². The van der Waals surface area contributed by atoms with Crippen LogP contribution in [-0.2, 0) is 19.2 Å². The number of aromatic hydroxyl groups is 1. The lowest BCUT2D eigenvalue weighted by Crippen LogP contribution is -2.70. The van der Waals surface area contributed by atoms with Gasteiger partial charge >= 0.3 is 0 Å². The molecule has 6 atom stereocenters. The van der Waals surface area contributed by atoms with Gasteiger partial charge in [0.2, 0.25) is 11.7 Å². The van der Waals surface area contributed by atoms with Gasteiger partial charge in [0.15, 0.2) is 11.4 Å². The zero-order valence-electron chi connectivity index (χ0n) is 22.1. The Bertz CT molecular complexity index is 1370. The van der Waals surface area contributed by atoms with E-state index in [-0.39, 0.29) is 23.4 Å². The normalized spacial score (nSPS) is 30.3. The van der Waals surface area contributed by atoms with E-state index in [1.807, 2.05) is 0 Å². The van der Waals surface area contributed by atoms with Crippen molar-refractivity contribution in [1.82, 2.24) is 9.80 Å². The fraction of sp³-hybridized carbons (Fsp3) is 0.462. The summed E-state index contributed by atoms with van der Waals surface area (Å²) in [5, 5.41) is 59.0. The van der Waals surface area contributed by atoms with E-state index in [1.165, 1.54) is 31.1 Å². The standard InChI is InChI=1S/C26H32N4O9/c1-9-13-10(28-12(32)8-29(2)3)6-7-11(31)15(13)20(33)16-14(9)21(34)18-19(30(4)5)22(35)17(25(27)38)24(37)26(18,39)23(16)36/h6-7,9,14,18-19,21,31,33-34,37,39H,8H2,1-5H3,(H2,27,38)(H,28,32). The summed E-state index contributed by atoms with van der Waals surface area (Å²) in [6, 6.07) is 1.18. The average molecular weight is 545 g/mol. The van der Waals surface area contributed by atoms with Crippen molar-refractivity contribution in [2.24, 2.45) is 17.6 Å². The molecule has 13 nitrogen and oxygen atoms in total. The predicted octanol–water partition coefficient (Wildman–Crippen LogP) is -1.00. The molecule has 4 rings (SSSR count). The molecule has 0 spiro atoms. The van der Waals surface area contributed by atoms with Crippen molar-refractivity contribution in [1.29, 1.82) is 0 Å². The number of Topliss-reactive ketones (excluding diaryl/α,β-unsaturated/α-hetero) is 2. The lowest BCUT2D eigenvalue weighted by Gasteiger charge is -2.53. The first-order valence-corrected chi connectivity index (χ1v) is 12.2. The van der Waals surface area contributed by atoms with Crippen molar-refractivity contribution in [3.8, 4) is 5.75 Å². The largest absolute Gasteiger partial charge is 0.508 e. The third-order valence-corrected chi connectivity index (χ3v) is 7.84. The molecule has 6 unspecified atom stereocenters. The molecule has 3 aliphatic carbocycles. The number of ketones is 2. The zero-order valence-corrected chi connectivity index (χ0v) is 22.1. The van der Waals surface area contributed by atoms with Crippen LogP contribution in [0.3, 0.4) is 0 Å². The number of nitrogens with one attached hydrogen (secondary N) is 1. The minimum atomic E-state index is -2.99. The molecule has 3 aliphatic rings. The van der Waals surface area contributed by atoms with Crippen LogP contribution in [0.5, 0.6) is 5.75 Å². The molecular weight excluding hydrogens is 512 g/mol. The summed E-state index contributed by atoms with van der Waals surface area (Å²) in [7, 11) is 6.25. The van der Waals surface area contributed by atoms with Gasteiger partial charge in [0.1, 0.15) is 22.8 Å². The van der Waals surface area contributed by atoms with E-state index in [0.29, 0.717) is 0 Å². The van der Waals surface area contributed by atoms with Gasteiger partial charge in [-0.25, -0.2) is 0 Å². The average Bonchev–Trinajstić information content (AvgIpc) is 2.81. The number of amides is 2. The molecule has 0 aromatic heterocycles. The summed E-state index contributed by atoms with van der Waals surface area (Å²) in [4.78, 5) is 54.8. The Hall–Kier alpha value is -3.78. The molecule has 210 valence electrons. The number of phenolic OH excluding ortho intramolecular Hbond substituents is 1. The first-order chi connectivity index (χ1) is 18.1. The number of aliphatic hydroxyl groups is 4. The Balaban J connectivity index is 1.99. The topological polar surface area (TPSA) is 214 Å². The van der Waals surface area contributed by atoms with Gasteiger partial charge in [0.25, 0.3) is 5.91 Å². The minimum Gasteiger partial charge on any atom is -0.508 e. The predicted molar refractivity (Wildman–Crippen MR) is 138 cm³/mol. The molecule has 1 fully saturated rings. The number of carbonyl (C=O) groups excluding carboxylic acids is 4. The second-order valence-corrected chi connectivity index (χ2v) is 10.8. The Morgan fingerprint density at radius 2 is 1.72 bits per heavy atom. The number of primary amides is 1. The van der Waals surface area contributed by atoms with Crippen molar-refractivity contribution in [2.45, 2.75) is 30.6 Å². The summed E-state index contributed by atoms with van der Waals surface area (Å²) in [5.74, 6) is -10.3. The van der Waals surface area contributed by atoms with Gasteiger partial charge in [-0.05, 0) is 51.8 Å². The highest BCUT2D eigenvalue weighted by atomic mass is 16.4. The molecule has 0 saturated heterocycles. The number of hydrogen-bond donors (Lipinski definition) is 7. The summed E-state index contributed by atoms with van der Waals surface area (Å²) < 4.78 is 0. The van der Waals surface area contributed by atoms with E-state index >= 15 is 0 Å². The quantitative estimate of drug-likeness (QED) is 0.176. The van der Waals surface area contributed by atoms with E-state index in [0.717, 1.165) is 0 Å². The van der Waals surface area contributed by atoms with Gasteiger partial charge in [-0.3, -0.25) is 24.1 Å². The maximum Gasteiger partial charge on any atom is 0.255 e. The van der Waals surface area contributed by atoms with Crippen LogP contribution in [0.2, 0.25) is 0 Å². The molecule has 1 saturated carbocycles. The molecule has 1 aromatic rings. The highest BCUT2D eigenvalue weighted by molar-refractivity contribution is 6.24. The van der Waals surface area contributed by atoms with Gasteiger partial charge in [0.05, 0.1) is 30.2 Å². The maximum atomic E-state index is 14.0. The lowest BCUT2D eigenvalue weighted by molar-refractivity contribution is -0.169. The van der Waals surface area contributed by atoms with E-state index < -0.39 is 87.3 Å². The molecule has 0 heterocycles. The number of carbonyl (C=O) groups is 4. The molecule has 1 aromatic carbocycles. The number of nitrogens with zero attached hydrogens (tertiary/aromatic N) is 2. The highest BCUT2D eigenvalue weighted by Gasteiger charge is 2.68. The molecule has 0 radical (unpaired) electrons. The number of fused-ring (bicyclic) bond motifs is 3. The molecule has 13 heteroatoms. The lowest BCUT2D eigenvalue weighted by atomic mass is 9.54. The van der Waals surface area contributed by atoms with Crippen LogP contribution < -0.4 is 11.1 Å². The third kappa shape index (κ3) is 3.92. The molecule has 2 amide bonds. The first-order valence-electron chi connectivity index (χ1n) is 12.2. The summed E-state index contributed by atoms with van der Waals surface area (Å²) in [5.41, 5.74) is 1.08. The Kier molecular flexibility index (Phi) is 6.84. The van der Waals surface area contributed by atoms with Crippen LogP contribution in [0.4, 0.5) is 5.69 Å². The highest BCUT2D eigenvalue weighted by Crippen LogP contribution is 2.57. The van der Waals surface area contributed by atoms with Crippen molar-refractivity contribution >= 4 is 34.8 Å². The molecular formula is C26H32N4O9. The number of benzene rings is 1. The van der Waals surface area contributed by atoms with Gasteiger partial charge in [-0.15, -0.1) is 0 Å². The second kappa shape index (κ2) is 9.45. The first kappa shape index (κ1) is 28.2. The monoisotopic (exact) mass is 544 g/mol. The van der Waals surface area contributed by atoms with Gasteiger partial charge in [-0.1, -0.05) is 6.92 Å². The van der Waals surface area contributed by atoms with Crippen LogP contribution in [0, 0.1) is 11.8 Å². The number of anilines is 1.